The van der Waals surface area contributed by atoms with Crippen LogP contribution in [0.1, 0.15) is 37.7 Å². The molecule has 0 fully saturated rings. The standard InChI is InChI=1S/C17H23N3O2/c1-13(21)9-17(2,3)11-19-16(22)15-10-18-12-20(15)14-7-5-4-6-8-14/h4-8,10,12-13,21H,9,11H2,1-3H3,(H,19,22). The molecule has 22 heavy (non-hydrogen) atoms. The van der Waals surface area contributed by atoms with Gasteiger partial charge in [0.1, 0.15) is 5.69 Å². The molecule has 1 aromatic heterocycles. The fourth-order valence-electron chi connectivity index (χ4n) is 2.54. The summed E-state index contributed by atoms with van der Waals surface area (Å²) in [6.07, 6.45) is 3.43. The first-order chi connectivity index (χ1) is 10.4. The van der Waals surface area contributed by atoms with Gasteiger partial charge < -0.3 is 10.4 Å². The first-order valence-corrected chi connectivity index (χ1v) is 7.43. The van der Waals surface area contributed by atoms with E-state index in [2.05, 4.69) is 10.3 Å². The van der Waals surface area contributed by atoms with Crippen LogP contribution in [0.5, 0.6) is 0 Å². The van der Waals surface area contributed by atoms with E-state index in [1.54, 1.807) is 24.0 Å². The van der Waals surface area contributed by atoms with Crippen molar-refractivity contribution in [3.63, 3.8) is 0 Å². The molecule has 0 radical (unpaired) electrons. The van der Waals surface area contributed by atoms with Crippen molar-refractivity contribution in [3.05, 3.63) is 48.5 Å². The predicted molar refractivity (Wildman–Crippen MR) is 86.0 cm³/mol. The van der Waals surface area contributed by atoms with Crippen LogP contribution >= 0.6 is 0 Å². The average Bonchev–Trinajstić information content (AvgIpc) is 2.94. The number of aliphatic hydroxyl groups excluding tert-OH is 1. The summed E-state index contributed by atoms with van der Waals surface area (Å²) in [5.41, 5.74) is 1.23. The topological polar surface area (TPSA) is 67.2 Å². The van der Waals surface area contributed by atoms with Gasteiger partial charge in [-0.25, -0.2) is 4.98 Å². The maximum Gasteiger partial charge on any atom is 0.269 e. The van der Waals surface area contributed by atoms with Crippen LogP contribution in [0.25, 0.3) is 5.69 Å². The van der Waals surface area contributed by atoms with E-state index in [-0.39, 0.29) is 17.4 Å². The van der Waals surface area contributed by atoms with Crippen molar-refractivity contribution in [2.24, 2.45) is 5.41 Å². The third-order valence-electron chi connectivity index (χ3n) is 3.48. The van der Waals surface area contributed by atoms with Gasteiger partial charge in [-0.2, -0.15) is 0 Å². The summed E-state index contributed by atoms with van der Waals surface area (Å²) in [4.78, 5) is 16.5. The van der Waals surface area contributed by atoms with Crippen molar-refractivity contribution in [2.45, 2.75) is 33.3 Å². The summed E-state index contributed by atoms with van der Waals surface area (Å²) in [5.74, 6) is -0.167. The van der Waals surface area contributed by atoms with Gasteiger partial charge in [-0.3, -0.25) is 9.36 Å². The molecule has 1 aromatic carbocycles. The molecule has 0 aliphatic carbocycles. The minimum absolute atomic E-state index is 0.165. The van der Waals surface area contributed by atoms with Gasteiger partial charge in [0.25, 0.3) is 5.91 Å². The minimum Gasteiger partial charge on any atom is -0.393 e. The molecule has 0 bridgehead atoms. The largest absolute Gasteiger partial charge is 0.393 e. The van der Waals surface area contributed by atoms with Gasteiger partial charge in [-0.05, 0) is 30.9 Å². The van der Waals surface area contributed by atoms with Crippen molar-refractivity contribution >= 4 is 5.91 Å². The van der Waals surface area contributed by atoms with Crippen LogP contribution in [0, 0.1) is 5.41 Å². The van der Waals surface area contributed by atoms with Gasteiger partial charge in [-0.1, -0.05) is 32.0 Å². The Hall–Kier alpha value is -2.14. The third kappa shape index (κ3) is 4.18. The van der Waals surface area contributed by atoms with Crippen molar-refractivity contribution in [3.8, 4) is 5.69 Å². The maximum absolute atomic E-state index is 12.4. The van der Waals surface area contributed by atoms with E-state index >= 15 is 0 Å². The quantitative estimate of drug-likeness (QED) is 0.861. The van der Waals surface area contributed by atoms with Gasteiger partial charge in [0, 0.05) is 12.2 Å². The Morgan fingerprint density at radius 3 is 2.68 bits per heavy atom. The van der Waals surface area contributed by atoms with E-state index in [1.165, 1.54) is 0 Å². The Morgan fingerprint density at radius 1 is 1.36 bits per heavy atom. The first-order valence-electron chi connectivity index (χ1n) is 7.43. The van der Waals surface area contributed by atoms with E-state index < -0.39 is 0 Å². The molecule has 2 aromatic rings. The van der Waals surface area contributed by atoms with Gasteiger partial charge in [-0.15, -0.1) is 0 Å². The summed E-state index contributed by atoms with van der Waals surface area (Å²) < 4.78 is 1.76. The fraction of sp³-hybridized carbons (Fsp3) is 0.412. The highest BCUT2D eigenvalue weighted by Gasteiger charge is 2.22. The zero-order valence-corrected chi connectivity index (χ0v) is 13.3. The molecule has 2 rings (SSSR count). The molecule has 1 amide bonds. The highest BCUT2D eigenvalue weighted by molar-refractivity contribution is 5.93. The van der Waals surface area contributed by atoms with Crippen molar-refractivity contribution < 1.29 is 9.90 Å². The van der Waals surface area contributed by atoms with Crippen LogP contribution in [0.15, 0.2) is 42.9 Å². The Balaban J connectivity index is 2.07. The van der Waals surface area contributed by atoms with E-state index in [9.17, 15) is 9.90 Å². The molecular formula is C17H23N3O2. The molecule has 0 spiro atoms. The lowest BCUT2D eigenvalue weighted by Crippen LogP contribution is -2.36. The first kappa shape index (κ1) is 16.2. The van der Waals surface area contributed by atoms with E-state index in [1.807, 2.05) is 44.2 Å². The summed E-state index contributed by atoms with van der Waals surface area (Å²) in [7, 11) is 0. The van der Waals surface area contributed by atoms with Gasteiger partial charge in [0.2, 0.25) is 0 Å². The number of rotatable bonds is 6. The fourth-order valence-corrected chi connectivity index (χ4v) is 2.54. The summed E-state index contributed by atoms with van der Waals surface area (Å²) >= 11 is 0. The molecule has 0 saturated heterocycles. The number of aliphatic hydroxyl groups is 1. The number of nitrogens with zero attached hydrogens (tertiary/aromatic N) is 2. The maximum atomic E-state index is 12.4. The number of aromatic nitrogens is 2. The number of nitrogens with one attached hydrogen (secondary N) is 1. The second kappa shape index (κ2) is 6.75. The Labute approximate surface area is 131 Å². The van der Waals surface area contributed by atoms with Crippen molar-refractivity contribution in [1.29, 1.82) is 0 Å². The Kier molecular flexibility index (Phi) is 4.98. The Morgan fingerprint density at radius 2 is 2.05 bits per heavy atom. The number of carbonyl (C=O) groups excluding carboxylic acids is 1. The molecule has 118 valence electrons. The number of carbonyl (C=O) groups is 1. The number of benzene rings is 1. The second-order valence-corrected chi connectivity index (χ2v) is 6.38. The van der Waals surface area contributed by atoms with Crippen molar-refractivity contribution in [2.75, 3.05) is 6.54 Å². The van der Waals surface area contributed by atoms with Gasteiger partial charge in [0.15, 0.2) is 0 Å². The molecule has 1 heterocycles. The minimum atomic E-state index is -0.387. The lowest BCUT2D eigenvalue weighted by Gasteiger charge is -2.26. The Bertz CT molecular complexity index is 618. The van der Waals surface area contributed by atoms with E-state index in [4.69, 9.17) is 0 Å². The second-order valence-electron chi connectivity index (χ2n) is 6.38. The summed E-state index contributed by atoms with van der Waals surface area (Å²) in [5, 5.41) is 12.4. The lowest BCUT2D eigenvalue weighted by molar-refractivity contribution is 0.0895. The van der Waals surface area contributed by atoms with Crippen LogP contribution in [0.2, 0.25) is 0 Å². The molecule has 5 heteroatoms. The predicted octanol–water partition coefficient (Wildman–Crippen LogP) is 2.40. The molecule has 1 unspecified atom stereocenters. The average molecular weight is 301 g/mol. The summed E-state index contributed by atoms with van der Waals surface area (Å²) in [6.45, 7) is 6.30. The lowest BCUT2D eigenvalue weighted by atomic mass is 9.87. The van der Waals surface area contributed by atoms with Crippen LogP contribution in [-0.4, -0.2) is 33.2 Å². The smallest absolute Gasteiger partial charge is 0.269 e. The molecule has 1 atom stereocenters. The van der Waals surface area contributed by atoms with Gasteiger partial charge >= 0.3 is 0 Å². The van der Waals surface area contributed by atoms with Crippen LogP contribution in [0.3, 0.4) is 0 Å². The zero-order chi connectivity index (χ0) is 16.2. The molecule has 0 aliphatic heterocycles. The van der Waals surface area contributed by atoms with Crippen molar-refractivity contribution in [1.82, 2.24) is 14.9 Å². The monoisotopic (exact) mass is 301 g/mol. The number of amides is 1. The number of imidazole rings is 1. The van der Waals surface area contributed by atoms with E-state index in [0.717, 1.165) is 5.69 Å². The molecule has 0 aliphatic rings. The SMILES string of the molecule is CC(O)CC(C)(C)CNC(=O)c1cncn1-c1ccccc1. The third-order valence-corrected chi connectivity index (χ3v) is 3.48. The van der Waals surface area contributed by atoms with Crippen LogP contribution in [-0.2, 0) is 0 Å². The summed E-state index contributed by atoms with van der Waals surface area (Å²) in [6, 6.07) is 9.62. The molecule has 5 nitrogen and oxygen atoms in total. The van der Waals surface area contributed by atoms with Gasteiger partial charge in [0.05, 0.1) is 18.6 Å². The molecule has 0 saturated carbocycles. The highest BCUT2D eigenvalue weighted by atomic mass is 16.3. The number of para-hydroxylation sites is 1. The molecular weight excluding hydrogens is 278 g/mol. The molecule has 2 N–H and O–H groups in total. The number of hydrogen-bond acceptors (Lipinski definition) is 3. The van der Waals surface area contributed by atoms with Crippen LogP contribution in [0.4, 0.5) is 0 Å². The highest BCUT2D eigenvalue weighted by Crippen LogP contribution is 2.21. The number of hydrogen-bond donors (Lipinski definition) is 2. The zero-order valence-electron chi connectivity index (χ0n) is 13.3. The normalized spacial score (nSPS) is 12.9. The van der Waals surface area contributed by atoms with E-state index in [0.29, 0.717) is 18.7 Å². The van der Waals surface area contributed by atoms with Crippen LogP contribution < -0.4 is 5.32 Å².